The topological polar surface area (TPSA) is 649 Å². The van der Waals surface area contributed by atoms with E-state index in [2.05, 4.69) is 73.1 Å². The molecule has 720 valence electrons. The number of likely N-dealkylation sites (N-methyl/N-ethyl adjacent to an activating group) is 3. The van der Waals surface area contributed by atoms with Gasteiger partial charge in [0, 0.05) is 112 Å². The fourth-order valence-corrected chi connectivity index (χ4v) is 17.3. The Bertz CT molecular complexity index is 5150. The third-order valence-electron chi connectivity index (χ3n) is 24.0. The van der Waals surface area contributed by atoms with Crippen molar-refractivity contribution in [3.05, 3.63) is 120 Å². The number of imidazole rings is 1. The number of hydrogen-bond donors (Lipinski definition) is 19. The molecule has 3 aliphatic heterocycles. The number of para-hydroxylation sites is 2. The summed E-state index contributed by atoms with van der Waals surface area (Å²) in [6.07, 6.45) is 4.27. The first-order valence-corrected chi connectivity index (χ1v) is 45.7. The lowest BCUT2D eigenvalue weighted by Crippen LogP contribution is -2.61. The van der Waals surface area contributed by atoms with Crippen molar-refractivity contribution in [1.29, 1.82) is 0 Å². The van der Waals surface area contributed by atoms with E-state index in [4.69, 9.17) is 22.9 Å². The first-order valence-electron chi connectivity index (χ1n) is 44.6. The third kappa shape index (κ3) is 28.5. The summed E-state index contributed by atoms with van der Waals surface area (Å²) in [6.45, 7) is 3.53. The minimum atomic E-state index is -1.80. The van der Waals surface area contributed by atoms with Gasteiger partial charge in [0.15, 0.2) is 0 Å². The Balaban J connectivity index is 1.09. The Kier molecular flexibility index (Phi) is 38.5. The number of aromatic amines is 3. The number of carboxylic acid groups (broad SMARTS) is 1. The molecule has 6 aromatic rings. The summed E-state index contributed by atoms with van der Waals surface area (Å²) in [7, 11) is 3.95. The number of benzene rings is 3. The van der Waals surface area contributed by atoms with E-state index < -0.39 is 228 Å². The number of phenols is 1. The fourth-order valence-electron chi connectivity index (χ4n) is 16.5. The van der Waals surface area contributed by atoms with Gasteiger partial charge in [-0.2, -0.15) is 0 Å². The summed E-state index contributed by atoms with van der Waals surface area (Å²) < 4.78 is 0. The average molecular weight is 1870 g/mol. The molecule has 0 spiro atoms. The maximum Gasteiger partial charge on any atom is 0.303 e. The molecule has 3 fully saturated rings. The van der Waals surface area contributed by atoms with Crippen molar-refractivity contribution in [3.63, 3.8) is 0 Å². The number of primary amides is 2. The van der Waals surface area contributed by atoms with Crippen molar-refractivity contribution < 1.29 is 96.5 Å². The van der Waals surface area contributed by atoms with Crippen LogP contribution in [0.2, 0.25) is 0 Å². The predicted molar refractivity (Wildman–Crippen MR) is 487 cm³/mol. The van der Waals surface area contributed by atoms with Gasteiger partial charge in [-0.1, -0.05) is 88.1 Å². The number of aromatic nitrogens is 4. The van der Waals surface area contributed by atoms with Crippen LogP contribution >= 0.6 is 11.8 Å². The number of phenolic OH excluding ortho intramolecular Hbond substituents is 1. The first-order chi connectivity index (χ1) is 63.5. The van der Waals surface area contributed by atoms with Crippen LogP contribution in [0.4, 0.5) is 0 Å². The minimum Gasteiger partial charge on any atom is -0.508 e. The molecule has 23 N–H and O–H groups in total. The second-order valence-electron chi connectivity index (χ2n) is 33.5. The molecule has 6 heterocycles. The number of amides is 17. The molecule has 0 unspecified atom stereocenters. The van der Waals surface area contributed by atoms with Crippen LogP contribution in [-0.2, 0) is 112 Å². The normalized spacial score (nSPS) is 24.4. The molecule has 0 saturated carbocycles. The Hall–Kier alpha value is -13.5. The minimum absolute atomic E-state index is 0.0109. The number of aliphatic carboxylic acids is 1. The van der Waals surface area contributed by atoms with E-state index in [-0.39, 0.29) is 115 Å². The largest absolute Gasteiger partial charge is 0.508 e. The van der Waals surface area contributed by atoms with Crippen molar-refractivity contribution >= 4 is 140 Å². The highest BCUT2D eigenvalue weighted by Gasteiger charge is 2.46. The van der Waals surface area contributed by atoms with Crippen LogP contribution in [0.1, 0.15) is 139 Å². The fraction of sp³-hybridized carbons (Fsp3) is 0.517. The van der Waals surface area contributed by atoms with E-state index in [1.54, 1.807) is 60.9 Å². The van der Waals surface area contributed by atoms with Crippen molar-refractivity contribution in [2.75, 3.05) is 65.4 Å². The van der Waals surface area contributed by atoms with Gasteiger partial charge < -0.3 is 126 Å². The number of fused-ring (bicyclic) bond motifs is 4. The molecule has 3 aromatic carbocycles. The van der Waals surface area contributed by atoms with Gasteiger partial charge in [0.2, 0.25) is 100 Å². The number of nitrogens with zero attached hydrogens (tertiary/aromatic N) is 6. The molecule has 17 amide bonds. The molecule has 0 aliphatic carbocycles. The van der Waals surface area contributed by atoms with Gasteiger partial charge in [0.05, 0.1) is 30.7 Å². The van der Waals surface area contributed by atoms with E-state index in [1.165, 1.54) is 74.7 Å². The first kappa shape index (κ1) is 103. The van der Waals surface area contributed by atoms with E-state index in [0.717, 1.165) is 26.5 Å². The monoisotopic (exact) mass is 1870 g/mol. The Morgan fingerprint density at radius 1 is 0.496 bits per heavy atom. The Morgan fingerprint density at radius 3 is 1.52 bits per heavy atom. The van der Waals surface area contributed by atoms with Gasteiger partial charge in [0.25, 0.3) is 0 Å². The second kappa shape index (κ2) is 49.6. The summed E-state index contributed by atoms with van der Waals surface area (Å²) in [5.74, 6) is -18.3. The maximum atomic E-state index is 15.8. The lowest BCUT2D eigenvalue weighted by molar-refractivity contribution is -0.149. The van der Waals surface area contributed by atoms with Gasteiger partial charge in [-0.3, -0.25) is 86.3 Å². The predicted octanol–water partition coefficient (Wildman–Crippen LogP) is -2.64. The third-order valence-corrected chi connectivity index (χ3v) is 25.0. The average Bonchev–Trinajstić information content (AvgIpc) is 1.77. The van der Waals surface area contributed by atoms with Gasteiger partial charge in [-0.15, -0.1) is 11.8 Å². The molecule has 44 heteroatoms. The highest BCUT2D eigenvalue weighted by molar-refractivity contribution is 8.00. The summed E-state index contributed by atoms with van der Waals surface area (Å²) in [5, 5.41) is 48.1. The van der Waals surface area contributed by atoms with Gasteiger partial charge >= 0.3 is 5.97 Å². The number of carbonyl (C=O) groups is 18. The van der Waals surface area contributed by atoms with Gasteiger partial charge in [-0.25, -0.2) is 4.98 Å². The Morgan fingerprint density at radius 2 is 0.977 bits per heavy atom. The van der Waals surface area contributed by atoms with E-state index in [0.29, 0.717) is 64.2 Å². The zero-order valence-electron chi connectivity index (χ0n) is 75.3. The highest BCUT2D eigenvalue weighted by atomic mass is 32.2. The van der Waals surface area contributed by atoms with Crippen LogP contribution in [0.3, 0.4) is 0 Å². The number of carbonyl (C=O) groups excluding carboxylic acids is 17. The van der Waals surface area contributed by atoms with E-state index in [1.807, 2.05) is 13.8 Å². The summed E-state index contributed by atoms with van der Waals surface area (Å²) >= 11 is 0.768. The van der Waals surface area contributed by atoms with Gasteiger partial charge in [-0.05, 0) is 119 Å². The molecule has 3 saturated heterocycles. The van der Waals surface area contributed by atoms with Crippen LogP contribution in [0.25, 0.3) is 21.8 Å². The van der Waals surface area contributed by atoms with Crippen LogP contribution in [0.15, 0.2) is 97.7 Å². The molecule has 133 heavy (non-hydrogen) atoms. The number of thioether (sulfide) groups is 1. The standard InChI is InChI=1S/C89H123N23O20S/c1-7-9-21-68-82(125)101-60(32-34-91)79(122)107-67(77(120)97-45-73(93)115)46-133-47-74(116)99-64(37-50-25-27-54(113)28-26-50)85(128)108(4)49(3)76(119)105-66(41-72(92)114)88(131)112-36-16-24-70(112)84(127)104-63(40-53-44-94-48-98-53)81(124)102-61(29-30-75(117)118)87(130)111-35-15-23-69(111)83(126)103-62(38-51-42-95-57-19-13-11-17-55(51)57)80(123)100-59(31-33-90)78(121)106-65(39-52-43-96-58-20-14-12-18-56(52)58)86(129)110(6)71(22-10-8-2)89(132)109(68)5/h11-14,17-20,25-28,42-44,48-49,59-71,95-96,113H,7-10,15-16,21-24,29-41,45-47,90-91H2,1-6H3,(H2,92,114)(H2,93,115)(H,94,98)(H,97,120)(H,99,116)(H,100,123)(H,101,125)(H,102,124)(H,103,126)(H,104,127)(H,105,119)(H,106,121)(H,107,122)(H,117,118)/t49-,59-,60-,61-,62-,63-,64-,65-,66-,67-,68-,69-,70-,71-/m0/s1. The van der Waals surface area contributed by atoms with E-state index in [9.17, 15) is 58.2 Å². The lowest BCUT2D eigenvalue weighted by Gasteiger charge is -2.36. The van der Waals surface area contributed by atoms with Crippen LogP contribution in [0.5, 0.6) is 5.75 Å². The van der Waals surface area contributed by atoms with Crippen molar-refractivity contribution in [1.82, 2.24) is 97.6 Å². The van der Waals surface area contributed by atoms with Gasteiger partial charge in [0.1, 0.15) is 90.3 Å². The molecular weight excluding hydrogens is 1740 g/mol. The SMILES string of the molecule is CCCC[C@H]1C(=O)N(C)[C@@H](CCCC)C(=O)N[C@@H](CCN)C(=O)N[C@H](C(=O)NCC(N)=O)CSCC(=O)N[C@@H](Cc2ccc(O)cc2)C(=O)N(C)[C@@H](C)C(=O)N[C@@H](CC(N)=O)C(=O)N2CCC[C@H]2C(=O)N[C@@H](Cc2c[nH]cn2)C(=O)N[C@@H](CCC(=O)O)C(=O)N2CCC[C@H]2C(=O)N[C@@H](Cc2c[nH]c3ccccc23)C(=O)N[C@@H](CCN)C(=O)N[C@@H](Cc2c[nH]c3ccccc23)C(=O)N1C. The van der Waals surface area contributed by atoms with Crippen LogP contribution in [0, 0.1) is 0 Å². The van der Waals surface area contributed by atoms with Crippen molar-refractivity contribution in [3.8, 4) is 5.75 Å². The zero-order chi connectivity index (χ0) is 96.9. The Labute approximate surface area is 771 Å². The van der Waals surface area contributed by atoms with Crippen LogP contribution < -0.4 is 76.1 Å². The number of nitrogens with two attached hydrogens (primary N) is 4. The van der Waals surface area contributed by atoms with Crippen molar-refractivity contribution in [2.24, 2.45) is 22.9 Å². The van der Waals surface area contributed by atoms with E-state index >= 15 is 38.4 Å². The molecule has 3 aliphatic rings. The van der Waals surface area contributed by atoms with Crippen LogP contribution in [-0.4, -0.2) is 311 Å². The molecule has 3 aromatic heterocycles. The number of hydrogen-bond acceptors (Lipinski definition) is 23. The quantitative estimate of drug-likeness (QED) is 0.0264. The molecular formula is C89H123N23O20S. The smallest absolute Gasteiger partial charge is 0.303 e. The van der Waals surface area contributed by atoms with Crippen molar-refractivity contribution in [2.45, 2.75) is 227 Å². The number of carboxylic acids is 1. The summed E-state index contributed by atoms with van der Waals surface area (Å²) in [6, 6.07) is -1.65. The summed E-state index contributed by atoms with van der Waals surface area (Å²) in [4.78, 5) is 281. The second-order valence-corrected chi connectivity index (χ2v) is 34.6. The maximum absolute atomic E-state index is 15.8. The molecule has 14 atom stereocenters. The number of H-pyrrole nitrogens is 3. The highest BCUT2D eigenvalue weighted by Crippen LogP contribution is 2.28. The molecule has 0 radical (unpaired) electrons. The number of rotatable bonds is 26. The number of nitrogens with one attached hydrogen (secondary N) is 13. The lowest BCUT2D eigenvalue weighted by atomic mass is 9.99. The number of unbranched alkanes of at least 4 members (excludes halogenated alkanes) is 2. The molecule has 9 rings (SSSR count). The zero-order valence-corrected chi connectivity index (χ0v) is 76.2. The summed E-state index contributed by atoms with van der Waals surface area (Å²) in [5.41, 5.74) is 26.5. The molecule has 43 nitrogen and oxygen atoms in total. The molecule has 0 bridgehead atoms. The number of aromatic hydroxyl groups is 1.